The molecule has 0 N–H and O–H groups in total. The minimum atomic E-state index is -0.303. The molecule has 2 aromatic rings. The molecule has 0 unspecified atom stereocenters. The Balaban J connectivity index is 1.45. The third-order valence-corrected chi connectivity index (χ3v) is 6.67. The highest BCUT2D eigenvalue weighted by molar-refractivity contribution is 7.09. The molecule has 3 aliphatic rings. The van der Waals surface area contributed by atoms with Gasteiger partial charge in [0.05, 0.1) is 5.41 Å². The fourth-order valence-electron chi connectivity index (χ4n) is 4.38. The number of rotatable bonds is 4. The number of anilines is 1. The molecule has 3 heterocycles. The van der Waals surface area contributed by atoms with Crippen LogP contribution >= 0.6 is 11.3 Å². The van der Waals surface area contributed by atoms with Gasteiger partial charge in [-0.1, -0.05) is 24.3 Å². The van der Waals surface area contributed by atoms with Gasteiger partial charge in [-0.25, -0.2) is 0 Å². The van der Waals surface area contributed by atoms with Crippen molar-refractivity contribution in [1.82, 2.24) is 4.90 Å². The highest BCUT2D eigenvalue weighted by Crippen LogP contribution is 2.48. The number of hydrogen-bond donors (Lipinski definition) is 0. The van der Waals surface area contributed by atoms with Crippen molar-refractivity contribution in [2.45, 2.75) is 31.2 Å². The SMILES string of the molecule is O=C1N(CC2CC2)c2ccccc2[C@]12CCN(Cc1cccs1)C2. The van der Waals surface area contributed by atoms with E-state index in [1.807, 2.05) is 11.3 Å². The number of carbonyl (C=O) groups excluding carboxylic acids is 1. The second kappa shape index (κ2) is 5.43. The molecule has 4 heteroatoms. The zero-order valence-corrected chi connectivity index (χ0v) is 14.6. The average molecular weight is 338 g/mol. The fraction of sp³-hybridized carbons (Fsp3) is 0.450. The standard InChI is InChI=1S/C20H22N2OS/c23-19-20(9-10-21(14-20)13-16-4-3-11-24-16)17-5-1-2-6-18(17)22(19)12-15-7-8-15/h1-6,11,15H,7-10,12-14H2/t20-/m1/s1. The number of carbonyl (C=O) groups is 1. The van der Waals surface area contributed by atoms with E-state index in [4.69, 9.17) is 0 Å². The maximum absolute atomic E-state index is 13.4. The van der Waals surface area contributed by atoms with E-state index >= 15 is 0 Å². The van der Waals surface area contributed by atoms with Gasteiger partial charge in [-0.15, -0.1) is 11.3 Å². The number of thiophene rings is 1. The van der Waals surface area contributed by atoms with Crippen LogP contribution in [0.3, 0.4) is 0 Å². The molecule has 2 fully saturated rings. The highest BCUT2D eigenvalue weighted by Gasteiger charge is 2.54. The lowest BCUT2D eigenvalue weighted by Gasteiger charge is -2.24. The van der Waals surface area contributed by atoms with Crippen LogP contribution < -0.4 is 4.90 Å². The minimum Gasteiger partial charge on any atom is -0.311 e. The van der Waals surface area contributed by atoms with E-state index in [0.29, 0.717) is 5.91 Å². The van der Waals surface area contributed by atoms with Crippen LogP contribution in [-0.2, 0) is 16.8 Å². The molecule has 1 saturated heterocycles. The quantitative estimate of drug-likeness (QED) is 0.849. The van der Waals surface area contributed by atoms with Crippen LogP contribution in [0.5, 0.6) is 0 Å². The maximum atomic E-state index is 13.4. The van der Waals surface area contributed by atoms with E-state index < -0.39 is 0 Å². The number of para-hydroxylation sites is 1. The molecule has 1 aliphatic carbocycles. The summed E-state index contributed by atoms with van der Waals surface area (Å²) in [6, 6.07) is 12.8. The van der Waals surface area contributed by atoms with Gasteiger partial charge < -0.3 is 4.90 Å². The Morgan fingerprint density at radius 2 is 2.04 bits per heavy atom. The zero-order valence-electron chi connectivity index (χ0n) is 13.8. The number of nitrogens with zero attached hydrogens (tertiary/aromatic N) is 2. The molecule has 1 aromatic carbocycles. The molecule has 1 amide bonds. The van der Waals surface area contributed by atoms with E-state index in [1.165, 1.54) is 29.0 Å². The third kappa shape index (κ3) is 2.24. The molecule has 24 heavy (non-hydrogen) atoms. The molecule has 1 aromatic heterocycles. The molecule has 0 radical (unpaired) electrons. The van der Waals surface area contributed by atoms with Gasteiger partial charge in [0, 0.05) is 30.2 Å². The van der Waals surface area contributed by atoms with Gasteiger partial charge in [0.2, 0.25) is 5.91 Å². The molecule has 1 spiro atoms. The summed E-state index contributed by atoms with van der Waals surface area (Å²) in [5, 5.41) is 2.13. The van der Waals surface area contributed by atoms with Crippen molar-refractivity contribution in [3.63, 3.8) is 0 Å². The van der Waals surface area contributed by atoms with Gasteiger partial charge in [0.25, 0.3) is 0 Å². The molecule has 124 valence electrons. The van der Waals surface area contributed by atoms with Gasteiger partial charge in [-0.3, -0.25) is 9.69 Å². The van der Waals surface area contributed by atoms with E-state index in [9.17, 15) is 4.79 Å². The van der Waals surface area contributed by atoms with Crippen LogP contribution in [0.1, 0.15) is 29.7 Å². The number of benzene rings is 1. The smallest absolute Gasteiger partial charge is 0.239 e. The number of amides is 1. The molecule has 1 atom stereocenters. The van der Waals surface area contributed by atoms with Crippen LogP contribution in [0.15, 0.2) is 41.8 Å². The summed E-state index contributed by atoms with van der Waals surface area (Å²) in [6.07, 6.45) is 3.52. The largest absolute Gasteiger partial charge is 0.311 e. The lowest BCUT2D eigenvalue weighted by molar-refractivity contribution is -0.122. The maximum Gasteiger partial charge on any atom is 0.239 e. The summed E-state index contributed by atoms with van der Waals surface area (Å²) in [5.41, 5.74) is 2.14. The first-order valence-corrected chi connectivity index (χ1v) is 9.80. The fourth-order valence-corrected chi connectivity index (χ4v) is 5.12. The predicted octanol–water partition coefficient (Wildman–Crippen LogP) is 3.65. The second-order valence-corrected chi connectivity index (χ2v) is 8.53. The predicted molar refractivity (Wildman–Crippen MR) is 97.4 cm³/mol. The molecular formula is C20H22N2OS. The lowest BCUT2D eigenvalue weighted by atomic mass is 9.81. The van der Waals surface area contributed by atoms with Gasteiger partial charge in [-0.2, -0.15) is 0 Å². The minimum absolute atomic E-state index is 0.303. The molecule has 1 saturated carbocycles. The first kappa shape index (κ1) is 14.7. The van der Waals surface area contributed by atoms with Crippen molar-refractivity contribution in [2.75, 3.05) is 24.5 Å². The van der Waals surface area contributed by atoms with Crippen molar-refractivity contribution in [2.24, 2.45) is 5.92 Å². The highest BCUT2D eigenvalue weighted by atomic mass is 32.1. The molecular weight excluding hydrogens is 316 g/mol. The van der Waals surface area contributed by atoms with Crippen LogP contribution in [0.2, 0.25) is 0 Å². The van der Waals surface area contributed by atoms with Crippen molar-refractivity contribution >= 4 is 22.9 Å². The van der Waals surface area contributed by atoms with Crippen LogP contribution in [0.4, 0.5) is 5.69 Å². The lowest BCUT2D eigenvalue weighted by Crippen LogP contribution is -2.43. The Labute approximate surface area is 146 Å². The second-order valence-electron chi connectivity index (χ2n) is 7.50. The molecule has 0 bridgehead atoms. The van der Waals surface area contributed by atoms with Gasteiger partial charge in [0.15, 0.2) is 0 Å². The average Bonchev–Trinajstić information content (AvgIpc) is 3.03. The first-order valence-electron chi connectivity index (χ1n) is 8.92. The Kier molecular flexibility index (Phi) is 3.32. The normalized spacial score (nSPS) is 26.5. The summed E-state index contributed by atoms with van der Waals surface area (Å²) in [4.78, 5) is 19.3. The van der Waals surface area contributed by atoms with E-state index in [2.05, 4.69) is 51.6 Å². The summed E-state index contributed by atoms with van der Waals surface area (Å²) in [6.45, 7) is 3.76. The topological polar surface area (TPSA) is 23.6 Å². The summed E-state index contributed by atoms with van der Waals surface area (Å²) < 4.78 is 0. The summed E-state index contributed by atoms with van der Waals surface area (Å²) >= 11 is 1.81. The van der Waals surface area contributed by atoms with Gasteiger partial charge in [-0.05, 0) is 54.8 Å². The Morgan fingerprint density at radius 1 is 1.17 bits per heavy atom. The molecule has 3 nitrogen and oxygen atoms in total. The third-order valence-electron chi connectivity index (χ3n) is 5.81. The van der Waals surface area contributed by atoms with Gasteiger partial charge in [0.1, 0.15) is 0 Å². The molecule has 2 aliphatic heterocycles. The van der Waals surface area contributed by atoms with E-state index in [0.717, 1.165) is 38.5 Å². The van der Waals surface area contributed by atoms with E-state index in [-0.39, 0.29) is 5.41 Å². The summed E-state index contributed by atoms with van der Waals surface area (Å²) in [7, 11) is 0. The van der Waals surface area contributed by atoms with Crippen LogP contribution in [0, 0.1) is 5.92 Å². The number of likely N-dealkylation sites (tertiary alicyclic amines) is 1. The number of hydrogen-bond acceptors (Lipinski definition) is 3. The van der Waals surface area contributed by atoms with Crippen molar-refractivity contribution in [3.8, 4) is 0 Å². The number of fused-ring (bicyclic) bond motifs is 2. The van der Waals surface area contributed by atoms with Gasteiger partial charge >= 0.3 is 0 Å². The monoisotopic (exact) mass is 338 g/mol. The Morgan fingerprint density at radius 3 is 2.83 bits per heavy atom. The Bertz CT molecular complexity index is 768. The van der Waals surface area contributed by atoms with Crippen molar-refractivity contribution in [3.05, 3.63) is 52.2 Å². The van der Waals surface area contributed by atoms with Crippen molar-refractivity contribution < 1.29 is 4.79 Å². The van der Waals surface area contributed by atoms with E-state index in [1.54, 1.807) is 0 Å². The molecule has 5 rings (SSSR count). The Hall–Kier alpha value is -1.65. The van der Waals surface area contributed by atoms with Crippen LogP contribution in [0.25, 0.3) is 0 Å². The first-order chi connectivity index (χ1) is 11.8. The summed E-state index contributed by atoms with van der Waals surface area (Å²) in [5.74, 6) is 1.07. The zero-order chi connectivity index (χ0) is 16.1. The van der Waals surface area contributed by atoms with Crippen LogP contribution in [-0.4, -0.2) is 30.4 Å². The van der Waals surface area contributed by atoms with Crippen molar-refractivity contribution in [1.29, 1.82) is 0 Å².